The third kappa shape index (κ3) is 2.92. The predicted molar refractivity (Wildman–Crippen MR) is 69.0 cm³/mol. The standard InChI is InChI=1S/C13H16N4O/c14-9-10-2-1-3-12(8-10)16-11-4-6-17(7-5-11)13(15)18/h1-3,8,11,16H,4-7H2,(H2,15,18). The first-order valence-corrected chi connectivity index (χ1v) is 6.00. The number of nitrogens with one attached hydrogen (secondary N) is 1. The molecule has 1 aliphatic heterocycles. The number of hydrogen-bond donors (Lipinski definition) is 2. The summed E-state index contributed by atoms with van der Waals surface area (Å²) in [7, 11) is 0. The number of nitrogens with zero attached hydrogens (tertiary/aromatic N) is 2. The number of carbonyl (C=O) groups excluding carboxylic acids is 1. The van der Waals surface area contributed by atoms with Gasteiger partial charge in [-0.2, -0.15) is 5.26 Å². The van der Waals surface area contributed by atoms with Crippen molar-refractivity contribution in [1.82, 2.24) is 4.90 Å². The largest absolute Gasteiger partial charge is 0.382 e. The van der Waals surface area contributed by atoms with E-state index in [-0.39, 0.29) is 6.03 Å². The van der Waals surface area contributed by atoms with Gasteiger partial charge in [-0.25, -0.2) is 4.79 Å². The summed E-state index contributed by atoms with van der Waals surface area (Å²) in [6.07, 6.45) is 1.75. The van der Waals surface area contributed by atoms with E-state index in [9.17, 15) is 4.79 Å². The Morgan fingerprint density at radius 3 is 2.78 bits per heavy atom. The Bertz CT molecular complexity index is 472. The minimum absolute atomic E-state index is 0.328. The molecule has 1 aromatic rings. The molecule has 0 spiro atoms. The summed E-state index contributed by atoms with van der Waals surface area (Å²) < 4.78 is 0. The van der Waals surface area contributed by atoms with Crippen molar-refractivity contribution in [2.45, 2.75) is 18.9 Å². The maximum Gasteiger partial charge on any atom is 0.314 e. The molecule has 94 valence electrons. The summed E-state index contributed by atoms with van der Waals surface area (Å²) in [5.74, 6) is 0. The predicted octanol–water partition coefficient (Wildman–Crippen LogP) is 1.51. The van der Waals surface area contributed by atoms with E-state index >= 15 is 0 Å². The first kappa shape index (κ1) is 12.2. The number of likely N-dealkylation sites (tertiary alicyclic amines) is 1. The zero-order valence-corrected chi connectivity index (χ0v) is 10.1. The van der Waals surface area contributed by atoms with Crippen LogP contribution in [0.5, 0.6) is 0 Å². The first-order valence-electron chi connectivity index (χ1n) is 6.00. The lowest BCUT2D eigenvalue weighted by Gasteiger charge is -2.31. The number of anilines is 1. The summed E-state index contributed by atoms with van der Waals surface area (Å²) in [5, 5.41) is 12.2. The van der Waals surface area contributed by atoms with Crippen LogP contribution in [-0.4, -0.2) is 30.1 Å². The van der Waals surface area contributed by atoms with E-state index in [0.717, 1.165) is 18.5 Å². The molecule has 0 bridgehead atoms. The molecule has 0 aliphatic carbocycles. The Kier molecular flexibility index (Phi) is 3.68. The van der Waals surface area contributed by atoms with Crippen molar-refractivity contribution in [3.05, 3.63) is 29.8 Å². The van der Waals surface area contributed by atoms with Crippen LogP contribution in [0.25, 0.3) is 0 Å². The van der Waals surface area contributed by atoms with Gasteiger partial charge in [0.1, 0.15) is 0 Å². The van der Waals surface area contributed by atoms with Crippen molar-refractivity contribution in [3.63, 3.8) is 0 Å². The van der Waals surface area contributed by atoms with Crippen LogP contribution in [0.2, 0.25) is 0 Å². The Balaban J connectivity index is 1.91. The number of amides is 2. The van der Waals surface area contributed by atoms with E-state index in [1.165, 1.54) is 0 Å². The van der Waals surface area contributed by atoms with Crippen LogP contribution in [0, 0.1) is 11.3 Å². The van der Waals surface area contributed by atoms with E-state index in [1.54, 1.807) is 11.0 Å². The Morgan fingerprint density at radius 2 is 2.17 bits per heavy atom. The van der Waals surface area contributed by atoms with Crippen molar-refractivity contribution in [3.8, 4) is 6.07 Å². The van der Waals surface area contributed by atoms with Crippen LogP contribution in [0.1, 0.15) is 18.4 Å². The molecule has 0 aromatic heterocycles. The number of urea groups is 1. The average Bonchev–Trinajstić information content (AvgIpc) is 2.39. The summed E-state index contributed by atoms with van der Waals surface area (Å²) in [4.78, 5) is 12.7. The molecule has 0 atom stereocenters. The third-order valence-electron chi connectivity index (χ3n) is 3.17. The SMILES string of the molecule is N#Cc1cccc(NC2CCN(C(N)=O)CC2)c1. The van der Waals surface area contributed by atoms with E-state index in [4.69, 9.17) is 11.0 Å². The molecule has 5 heteroatoms. The lowest BCUT2D eigenvalue weighted by molar-refractivity contribution is 0.193. The van der Waals surface area contributed by atoms with Crippen LogP contribution in [0.3, 0.4) is 0 Å². The molecule has 5 nitrogen and oxygen atoms in total. The molecule has 1 fully saturated rings. The van der Waals surface area contributed by atoms with Gasteiger partial charge in [-0.15, -0.1) is 0 Å². The van der Waals surface area contributed by atoms with Crippen LogP contribution in [0.4, 0.5) is 10.5 Å². The van der Waals surface area contributed by atoms with Crippen molar-refractivity contribution in [2.75, 3.05) is 18.4 Å². The normalized spacial score (nSPS) is 16.1. The zero-order valence-electron chi connectivity index (χ0n) is 10.1. The minimum Gasteiger partial charge on any atom is -0.382 e. The molecule has 18 heavy (non-hydrogen) atoms. The second-order valence-corrected chi connectivity index (χ2v) is 4.44. The molecular weight excluding hydrogens is 228 g/mol. The van der Waals surface area contributed by atoms with Gasteiger partial charge in [-0.1, -0.05) is 6.07 Å². The van der Waals surface area contributed by atoms with Crippen LogP contribution in [0.15, 0.2) is 24.3 Å². The van der Waals surface area contributed by atoms with Gasteiger partial charge >= 0.3 is 6.03 Å². The molecule has 1 aromatic carbocycles. The van der Waals surface area contributed by atoms with Crippen molar-refractivity contribution in [2.24, 2.45) is 5.73 Å². The lowest BCUT2D eigenvalue weighted by Crippen LogP contribution is -2.44. The topological polar surface area (TPSA) is 82.2 Å². The maximum atomic E-state index is 11.0. The van der Waals surface area contributed by atoms with Gasteiger partial charge in [0.2, 0.25) is 0 Å². The number of carbonyl (C=O) groups is 1. The van der Waals surface area contributed by atoms with Crippen molar-refractivity contribution >= 4 is 11.7 Å². The summed E-state index contributed by atoms with van der Waals surface area (Å²) in [6, 6.07) is 9.52. The molecule has 1 saturated heterocycles. The van der Waals surface area contributed by atoms with Gasteiger partial charge in [0, 0.05) is 24.8 Å². The van der Waals surface area contributed by atoms with Gasteiger partial charge in [0.05, 0.1) is 11.6 Å². The number of nitrogens with two attached hydrogens (primary N) is 1. The Labute approximate surface area is 106 Å². The van der Waals surface area contributed by atoms with Gasteiger partial charge in [-0.05, 0) is 31.0 Å². The summed E-state index contributed by atoms with van der Waals surface area (Å²) in [6.45, 7) is 1.37. The number of hydrogen-bond acceptors (Lipinski definition) is 3. The highest BCUT2D eigenvalue weighted by Crippen LogP contribution is 2.17. The van der Waals surface area contributed by atoms with E-state index in [2.05, 4.69) is 11.4 Å². The van der Waals surface area contributed by atoms with Crippen LogP contribution >= 0.6 is 0 Å². The number of benzene rings is 1. The van der Waals surface area contributed by atoms with Gasteiger partial charge in [0.25, 0.3) is 0 Å². The van der Waals surface area contributed by atoms with Crippen LogP contribution < -0.4 is 11.1 Å². The molecule has 0 unspecified atom stereocenters. The van der Waals surface area contributed by atoms with Gasteiger partial charge < -0.3 is 16.0 Å². The van der Waals surface area contributed by atoms with Gasteiger partial charge in [-0.3, -0.25) is 0 Å². The monoisotopic (exact) mass is 244 g/mol. The van der Waals surface area contributed by atoms with E-state index < -0.39 is 0 Å². The first-order chi connectivity index (χ1) is 8.69. The highest BCUT2D eigenvalue weighted by Gasteiger charge is 2.20. The summed E-state index contributed by atoms with van der Waals surface area (Å²) in [5.41, 5.74) is 6.83. The fourth-order valence-electron chi connectivity index (χ4n) is 2.16. The molecule has 1 aliphatic rings. The molecule has 0 saturated carbocycles. The minimum atomic E-state index is -0.347. The van der Waals surface area contributed by atoms with Crippen molar-refractivity contribution in [1.29, 1.82) is 5.26 Å². The lowest BCUT2D eigenvalue weighted by atomic mass is 10.0. The molecule has 0 radical (unpaired) electrons. The summed E-state index contributed by atoms with van der Waals surface area (Å²) >= 11 is 0. The fourth-order valence-corrected chi connectivity index (χ4v) is 2.16. The highest BCUT2D eigenvalue weighted by molar-refractivity contribution is 5.72. The molecular formula is C13H16N4O. The number of nitriles is 1. The molecule has 1 heterocycles. The number of piperidine rings is 1. The van der Waals surface area contributed by atoms with Gasteiger partial charge in [0.15, 0.2) is 0 Å². The Hall–Kier alpha value is -2.22. The fraction of sp³-hybridized carbons (Fsp3) is 0.385. The second-order valence-electron chi connectivity index (χ2n) is 4.44. The highest BCUT2D eigenvalue weighted by atomic mass is 16.2. The number of rotatable bonds is 2. The molecule has 3 N–H and O–H groups in total. The van der Waals surface area contributed by atoms with Crippen molar-refractivity contribution < 1.29 is 4.79 Å². The Morgan fingerprint density at radius 1 is 1.44 bits per heavy atom. The number of primary amides is 1. The second kappa shape index (κ2) is 5.41. The molecule has 2 amide bonds. The average molecular weight is 244 g/mol. The van der Waals surface area contributed by atoms with Crippen LogP contribution in [-0.2, 0) is 0 Å². The smallest absolute Gasteiger partial charge is 0.314 e. The zero-order chi connectivity index (χ0) is 13.0. The maximum absolute atomic E-state index is 11.0. The quantitative estimate of drug-likeness (QED) is 0.827. The van der Waals surface area contributed by atoms with E-state index in [1.807, 2.05) is 18.2 Å². The third-order valence-corrected chi connectivity index (χ3v) is 3.17. The molecule has 2 rings (SSSR count). The van der Waals surface area contributed by atoms with E-state index in [0.29, 0.717) is 24.7 Å².